The van der Waals surface area contributed by atoms with Gasteiger partial charge in [0.05, 0.1) is 19.8 Å². The van der Waals surface area contributed by atoms with Crippen LogP contribution in [0.4, 0.5) is 0 Å². The van der Waals surface area contributed by atoms with Crippen LogP contribution in [-0.4, -0.2) is 32.7 Å². The molecule has 0 saturated carbocycles. The van der Waals surface area contributed by atoms with Crippen LogP contribution in [0.1, 0.15) is 32.3 Å². The third-order valence-electron chi connectivity index (χ3n) is 3.85. The minimum atomic E-state index is -0.0309. The summed E-state index contributed by atoms with van der Waals surface area (Å²) >= 11 is 0. The van der Waals surface area contributed by atoms with Crippen molar-refractivity contribution in [3.05, 3.63) is 29.8 Å². The van der Waals surface area contributed by atoms with Gasteiger partial charge in [-0.2, -0.15) is 0 Å². The van der Waals surface area contributed by atoms with Gasteiger partial charge in [0.1, 0.15) is 5.75 Å². The van der Waals surface area contributed by atoms with Crippen molar-refractivity contribution in [2.75, 3.05) is 20.3 Å². The Kier molecular flexibility index (Phi) is 6.49. The summed E-state index contributed by atoms with van der Waals surface area (Å²) in [5.41, 5.74) is 1.16. The number of rotatable bonds is 8. The molecule has 1 aromatic rings. The van der Waals surface area contributed by atoms with Crippen LogP contribution in [0, 0.1) is 5.92 Å². The quantitative estimate of drug-likeness (QED) is 0.689. The summed E-state index contributed by atoms with van der Waals surface area (Å²) in [5, 5.41) is 0. The monoisotopic (exact) mass is 294 g/mol. The Labute approximate surface area is 127 Å². The van der Waals surface area contributed by atoms with E-state index >= 15 is 0 Å². The lowest BCUT2D eigenvalue weighted by Gasteiger charge is -2.15. The normalized spacial score (nSPS) is 25.2. The van der Waals surface area contributed by atoms with Crippen LogP contribution in [-0.2, 0) is 20.8 Å². The zero-order valence-corrected chi connectivity index (χ0v) is 13.2. The molecule has 1 saturated heterocycles. The highest BCUT2D eigenvalue weighted by Gasteiger charge is 2.32. The van der Waals surface area contributed by atoms with Gasteiger partial charge in [-0.3, -0.25) is 0 Å². The second-order valence-electron chi connectivity index (χ2n) is 5.46. The average molecular weight is 294 g/mol. The highest BCUT2D eigenvalue weighted by atomic mass is 16.7. The van der Waals surface area contributed by atoms with Crippen molar-refractivity contribution in [2.24, 2.45) is 5.92 Å². The standard InChI is InChI=1S/C17H26O4/c1-4-20-17-11-13(2)16(21-17)9-10-19-12-14-5-7-15(18-3)8-6-14/h5-8,13,16-17H,4,9-12H2,1-3H3/t13-,16+,17?/m1/s1. The van der Waals surface area contributed by atoms with Gasteiger partial charge < -0.3 is 18.9 Å². The molecule has 4 nitrogen and oxygen atoms in total. The third-order valence-corrected chi connectivity index (χ3v) is 3.85. The van der Waals surface area contributed by atoms with Gasteiger partial charge in [0.25, 0.3) is 0 Å². The molecule has 2 rings (SSSR count). The fourth-order valence-electron chi connectivity index (χ4n) is 2.60. The predicted molar refractivity (Wildman–Crippen MR) is 81.3 cm³/mol. The van der Waals surface area contributed by atoms with Crippen molar-refractivity contribution in [3.8, 4) is 5.75 Å². The number of benzene rings is 1. The van der Waals surface area contributed by atoms with Crippen LogP contribution in [0.25, 0.3) is 0 Å². The van der Waals surface area contributed by atoms with Crippen molar-refractivity contribution in [3.63, 3.8) is 0 Å². The van der Waals surface area contributed by atoms with Crippen molar-refractivity contribution >= 4 is 0 Å². The highest BCUT2D eigenvalue weighted by Crippen LogP contribution is 2.28. The molecule has 1 aromatic carbocycles. The number of hydrogen-bond acceptors (Lipinski definition) is 4. The van der Waals surface area contributed by atoms with Crippen LogP contribution < -0.4 is 4.74 Å². The Morgan fingerprint density at radius 2 is 2.00 bits per heavy atom. The highest BCUT2D eigenvalue weighted by molar-refractivity contribution is 5.26. The predicted octanol–water partition coefficient (Wildman–Crippen LogP) is 3.39. The lowest BCUT2D eigenvalue weighted by molar-refractivity contribution is -0.134. The van der Waals surface area contributed by atoms with Gasteiger partial charge in [-0.15, -0.1) is 0 Å². The van der Waals surface area contributed by atoms with E-state index in [2.05, 4.69) is 6.92 Å². The summed E-state index contributed by atoms with van der Waals surface area (Å²) in [6, 6.07) is 7.96. The summed E-state index contributed by atoms with van der Waals surface area (Å²) in [6.07, 6.45) is 2.12. The van der Waals surface area contributed by atoms with Gasteiger partial charge in [0.2, 0.25) is 0 Å². The first kappa shape index (κ1) is 16.3. The number of ether oxygens (including phenoxy) is 4. The Morgan fingerprint density at radius 1 is 1.24 bits per heavy atom. The molecule has 118 valence electrons. The maximum Gasteiger partial charge on any atom is 0.158 e. The fraction of sp³-hybridized carbons (Fsp3) is 0.647. The molecule has 21 heavy (non-hydrogen) atoms. The van der Waals surface area contributed by atoms with Crippen LogP contribution in [0.5, 0.6) is 5.75 Å². The molecule has 0 radical (unpaired) electrons. The second-order valence-corrected chi connectivity index (χ2v) is 5.46. The maximum absolute atomic E-state index is 5.88. The van der Waals surface area contributed by atoms with E-state index in [1.807, 2.05) is 31.2 Å². The van der Waals surface area contributed by atoms with Crippen molar-refractivity contribution in [1.29, 1.82) is 0 Å². The average Bonchev–Trinajstić information content (AvgIpc) is 2.84. The Hall–Kier alpha value is -1.10. The first-order chi connectivity index (χ1) is 10.2. The van der Waals surface area contributed by atoms with Crippen molar-refractivity contribution in [2.45, 2.75) is 45.7 Å². The Balaban J connectivity index is 1.65. The molecule has 1 aliphatic rings. The van der Waals surface area contributed by atoms with Crippen LogP contribution in [0.15, 0.2) is 24.3 Å². The molecule has 3 atom stereocenters. The van der Waals surface area contributed by atoms with Crippen molar-refractivity contribution in [1.82, 2.24) is 0 Å². The molecule has 0 aromatic heterocycles. The van der Waals surface area contributed by atoms with Gasteiger partial charge in [-0.05, 0) is 37.0 Å². The van der Waals surface area contributed by atoms with E-state index < -0.39 is 0 Å². The largest absolute Gasteiger partial charge is 0.497 e. The van der Waals surface area contributed by atoms with Crippen LogP contribution >= 0.6 is 0 Å². The van der Waals surface area contributed by atoms with E-state index in [-0.39, 0.29) is 12.4 Å². The number of methoxy groups -OCH3 is 1. The number of hydrogen-bond donors (Lipinski definition) is 0. The summed E-state index contributed by atoms with van der Waals surface area (Å²) in [7, 11) is 1.67. The fourth-order valence-corrected chi connectivity index (χ4v) is 2.60. The van der Waals surface area contributed by atoms with Gasteiger partial charge in [0, 0.05) is 19.6 Å². The minimum absolute atomic E-state index is 0.0309. The summed E-state index contributed by atoms with van der Waals surface area (Å²) in [4.78, 5) is 0. The van der Waals surface area contributed by atoms with E-state index in [0.717, 1.165) is 24.2 Å². The summed E-state index contributed by atoms with van der Waals surface area (Å²) in [6.45, 7) is 6.25. The van der Waals surface area contributed by atoms with Crippen molar-refractivity contribution < 1.29 is 18.9 Å². The summed E-state index contributed by atoms with van der Waals surface area (Å²) in [5.74, 6) is 1.40. The topological polar surface area (TPSA) is 36.9 Å². The van der Waals surface area contributed by atoms with Gasteiger partial charge in [0.15, 0.2) is 6.29 Å². The molecule has 4 heteroatoms. The molecule has 1 aliphatic heterocycles. The smallest absolute Gasteiger partial charge is 0.158 e. The maximum atomic E-state index is 5.88. The lowest BCUT2D eigenvalue weighted by Crippen LogP contribution is -2.18. The van der Waals surface area contributed by atoms with Gasteiger partial charge in [-0.1, -0.05) is 19.1 Å². The Morgan fingerprint density at radius 3 is 2.67 bits per heavy atom. The molecular formula is C17H26O4. The summed E-state index contributed by atoms with van der Waals surface area (Å²) < 4.78 is 22.3. The second kappa shape index (κ2) is 8.37. The van der Waals surface area contributed by atoms with Gasteiger partial charge >= 0.3 is 0 Å². The van der Waals surface area contributed by atoms with E-state index in [0.29, 0.717) is 25.7 Å². The zero-order valence-electron chi connectivity index (χ0n) is 13.2. The van der Waals surface area contributed by atoms with E-state index in [4.69, 9.17) is 18.9 Å². The lowest BCUT2D eigenvalue weighted by atomic mass is 10.0. The zero-order chi connectivity index (χ0) is 15.1. The van der Waals surface area contributed by atoms with E-state index in [9.17, 15) is 0 Å². The molecule has 1 unspecified atom stereocenters. The van der Waals surface area contributed by atoms with E-state index in [1.54, 1.807) is 7.11 Å². The van der Waals surface area contributed by atoms with Crippen LogP contribution in [0.2, 0.25) is 0 Å². The first-order valence-corrected chi connectivity index (χ1v) is 7.70. The molecular weight excluding hydrogens is 268 g/mol. The SMILES string of the molecule is CCOC1C[C@@H](C)[C@H](CCOCc2ccc(OC)cc2)O1. The third kappa shape index (κ3) is 4.99. The molecule has 1 heterocycles. The Bertz CT molecular complexity index is 404. The molecule has 0 N–H and O–H groups in total. The first-order valence-electron chi connectivity index (χ1n) is 7.70. The molecule has 0 aliphatic carbocycles. The molecule has 0 amide bonds. The van der Waals surface area contributed by atoms with Gasteiger partial charge in [-0.25, -0.2) is 0 Å². The van der Waals surface area contributed by atoms with E-state index in [1.165, 1.54) is 0 Å². The minimum Gasteiger partial charge on any atom is -0.497 e. The molecule has 1 fully saturated rings. The molecule has 0 spiro atoms. The van der Waals surface area contributed by atoms with Crippen LogP contribution in [0.3, 0.4) is 0 Å². The molecule has 0 bridgehead atoms.